The SMILES string of the molecule is CC[C@]1(c2ccccc2)NC(=O)N(NC(=O)COC(=O)Cc2ccsc2)C1=O. The largest absolute Gasteiger partial charge is 0.455 e. The van der Waals surface area contributed by atoms with Gasteiger partial charge in [0.1, 0.15) is 5.54 Å². The normalized spacial score (nSPS) is 18.7. The minimum Gasteiger partial charge on any atom is -0.455 e. The van der Waals surface area contributed by atoms with E-state index in [4.69, 9.17) is 4.74 Å². The third kappa shape index (κ3) is 3.89. The number of nitrogens with zero attached hydrogens (tertiary/aromatic N) is 1. The molecular formula is C19H19N3O5S. The topological polar surface area (TPSA) is 105 Å². The molecule has 0 spiro atoms. The highest BCUT2D eigenvalue weighted by Gasteiger charge is 2.52. The number of carbonyl (C=O) groups excluding carboxylic acids is 4. The summed E-state index contributed by atoms with van der Waals surface area (Å²) in [6.45, 7) is 1.17. The molecular weight excluding hydrogens is 382 g/mol. The molecule has 1 aromatic carbocycles. The first-order valence-electron chi connectivity index (χ1n) is 8.64. The molecule has 9 heteroatoms. The lowest BCUT2D eigenvalue weighted by Crippen LogP contribution is -2.49. The van der Waals surface area contributed by atoms with Gasteiger partial charge >= 0.3 is 12.0 Å². The number of hydrogen-bond donors (Lipinski definition) is 2. The summed E-state index contributed by atoms with van der Waals surface area (Å²) in [7, 11) is 0. The predicted octanol–water partition coefficient (Wildman–Crippen LogP) is 1.72. The molecule has 0 bridgehead atoms. The molecule has 3 rings (SSSR count). The summed E-state index contributed by atoms with van der Waals surface area (Å²) >= 11 is 1.45. The van der Waals surface area contributed by atoms with E-state index in [-0.39, 0.29) is 6.42 Å². The molecule has 1 aliphatic rings. The van der Waals surface area contributed by atoms with E-state index in [9.17, 15) is 19.2 Å². The second-order valence-electron chi connectivity index (χ2n) is 6.20. The van der Waals surface area contributed by atoms with E-state index in [1.165, 1.54) is 11.3 Å². The zero-order valence-electron chi connectivity index (χ0n) is 15.1. The molecule has 4 amide bonds. The lowest BCUT2D eigenvalue weighted by molar-refractivity contribution is -0.150. The van der Waals surface area contributed by atoms with Crippen molar-refractivity contribution in [2.75, 3.05) is 6.61 Å². The average molecular weight is 401 g/mol. The number of benzene rings is 1. The molecule has 1 aromatic heterocycles. The number of hydrazine groups is 1. The molecule has 2 aromatic rings. The van der Waals surface area contributed by atoms with Crippen LogP contribution in [0.3, 0.4) is 0 Å². The fraction of sp³-hybridized carbons (Fsp3) is 0.263. The van der Waals surface area contributed by atoms with E-state index >= 15 is 0 Å². The third-order valence-corrected chi connectivity index (χ3v) is 5.15. The van der Waals surface area contributed by atoms with Crippen LogP contribution in [0.1, 0.15) is 24.5 Å². The summed E-state index contributed by atoms with van der Waals surface area (Å²) in [5.41, 5.74) is 2.37. The summed E-state index contributed by atoms with van der Waals surface area (Å²) in [5, 5.41) is 6.92. The van der Waals surface area contributed by atoms with E-state index in [0.717, 1.165) is 5.56 Å². The van der Waals surface area contributed by atoms with Crippen molar-refractivity contribution in [2.24, 2.45) is 0 Å². The van der Waals surface area contributed by atoms with Crippen molar-refractivity contribution in [2.45, 2.75) is 25.3 Å². The fourth-order valence-electron chi connectivity index (χ4n) is 2.95. The van der Waals surface area contributed by atoms with Crippen LogP contribution in [0.2, 0.25) is 0 Å². The maximum atomic E-state index is 12.9. The lowest BCUT2D eigenvalue weighted by atomic mass is 9.87. The van der Waals surface area contributed by atoms with E-state index in [1.54, 1.807) is 43.3 Å². The van der Waals surface area contributed by atoms with Crippen LogP contribution in [0.5, 0.6) is 0 Å². The molecule has 0 unspecified atom stereocenters. The number of esters is 1. The van der Waals surface area contributed by atoms with Crippen molar-refractivity contribution < 1.29 is 23.9 Å². The van der Waals surface area contributed by atoms with Crippen molar-refractivity contribution in [1.29, 1.82) is 0 Å². The molecule has 1 aliphatic heterocycles. The predicted molar refractivity (Wildman–Crippen MR) is 101 cm³/mol. The Labute approximate surface area is 165 Å². The van der Waals surface area contributed by atoms with Crippen LogP contribution < -0.4 is 10.7 Å². The van der Waals surface area contributed by atoms with Gasteiger partial charge in [-0.2, -0.15) is 16.3 Å². The Morgan fingerprint density at radius 3 is 2.61 bits per heavy atom. The number of amides is 4. The summed E-state index contributed by atoms with van der Waals surface area (Å²) in [4.78, 5) is 49.0. The number of urea groups is 1. The van der Waals surface area contributed by atoms with Gasteiger partial charge in [-0.25, -0.2) is 4.79 Å². The number of rotatable bonds is 7. The van der Waals surface area contributed by atoms with Gasteiger partial charge in [-0.3, -0.25) is 19.8 Å². The standard InChI is InChI=1S/C19H19N3O5S/c1-2-19(14-6-4-3-5-7-14)17(25)22(18(26)20-19)21-15(23)11-27-16(24)10-13-8-9-28-12-13/h3-9,12H,2,10-11H2,1H3,(H,20,26)(H,21,23)/t19-/m1/s1. The quantitative estimate of drug-likeness (QED) is 0.543. The first-order chi connectivity index (χ1) is 13.5. The first kappa shape index (κ1) is 19.6. The van der Waals surface area contributed by atoms with Crippen molar-refractivity contribution in [1.82, 2.24) is 15.8 Å². The average Bonchev–Trinajstić information content (AvgIpc) is 3.29. The Bertz CT molecular complexity index is 884. The Hall–Kier alpha value is -3.20. The summed E-state index contributed by atoms with van der Waals surface area (Å²) in [6, 6.07) is 9.85. The molecule has 146 valence electrons. The van der Waals surface area contributed by atoms with Gasteiger partial charge in [0.25, 0.3) is 11.8 Å². The van der Waals surface area contributed by atoms with E-state index < -0.39 is 36.0 Å². The van der Waals surface area contributed by atoms with E-state index in [1.807, 2.05) is 10.8 Å². The van der Waals surface area contributed by atoms with Crippen LogP contribution in [0.25, 0.3) is 0 Å². The second-order valence-corrected chi connectivity index (χ2v) is 6.98. The molecule has 2 N–H and O–H groups in total. The highest BCUT2D eigenvalue weighted by molar-refractivity contribution is 7.08. The number of thiophene rings is 1. The Balaban J connectivity index is 1.61. The molecule has 0 aliphatic carbocycles. The van der Waals surface area contributed by atoms with Gasteiger partial charge in [0.05, 0.1) is 6.42 Å². The van der Waals surface area contributed by atoms with Crippen LogP contribution in [0.4, 0.5) is 4.79 Å². The Kier molecular flexibility index (Phi) is 5.74. The lowest BCUT2D eigenvalue weighted by Gasteiger charge is -2.25. The van der Waals surface area contributed by atoms with E-state index in [0.29, 0.717) is 17.0 Å². The summed E-state index contributed by atoms with van der Waals surface area (Å²) in [6.07, 6.45) is 0.358. The zero-order valence-corrected chi connectivity index (χ0v) is 16.0. The maximum absolute atomic E-state index is 12.9. The van der Waals surface area contributed by atoms with Gasteiger partial charge in [-0.05, 0) is 34.4 Å². The van der Waals surface area contributed by atoms with Gasteiger partial charge in [0, 0.05) is 0 Å². The molecule has 1 fully saturated rings. The fourth-order valence-corrected chi connectivity index (χ4v) is 3.62. The van der Waals surface area contributed by atoms with Crippen LogP contribution in [0, 0.1) is 0 Å². The molecule has 2 heterocycles. The molecule has 0 radical (unpaired) electrons. The van der Waals surface area contributed by atoms with Crippen LogP contribution >= 0.6 is 11.3 Å². The third-order valence-electron chi connectivity index (χ3n) is 4.42. The van der Waals surface area contributed by atoms with Crippen molar-refractivity contribution in [3.05, 3.63) is 58.3 Å². The molecule has 1 saturated heterocycles. The molecule has 28 heavy (non-hydrogen) atoms. The van der Waals surface area contributed by atoms with Crippen molar-refractivity contribution in [3.8, 4) is 0 Å². The van der Waals surface area contributed by atoms with Gasteiger partial charge in [0.15, 0.2) is 6.61 Å². The number of carbonyl (C=O) groups is 4. The van der Waals surface area contributed by atoms with Crippen molar-refractivity contribution >= 4 is 35.2 Å². The number of ether oxygens (including phenoxy) is 1. The molecule has 1 atom stereocenters. The van der Waals surface area contributed by atoms with Crippen LogP contribution in [-0.2, 0) is 31.1 Å². The summed E-state index contributed by atoms with van der Waals surface area (Å²) in [5.74, 6) is -1.94. The Morgan fingerprint density at radius 1 is 1.21 bits per heavy atom. The smallest absolute Gasteiger partial charge is 0.344 e. The van der Waals surface area contributed by atoms with Crippen LogP contribution in [-0.4, -0.2) is 35.4 Å². The number of imide groups is 1. The van der Waals surface area contributed by atoms with E-state index in [2.05, 4.69) is 10.7 Å². The first-order valence-corrected chi connectivity index (χ1v) is 9.59. The minimum absolute atomic E-state index is 0.0485. The minimum atomic E-state index is -1.25. The highest BCUT2D eigenvalue weighted by Crippen LogP contribution is 2.31. The number of hydrogen-bond acceptors (Lipinski definition) is 6. The second kappa shape index (κ2) is 8.22. The van der Waals surface area contributed by atoms with Gasteiger partial charge < -0.3 is 10.1 Å². The van der Waals surface area contributed by atoms with Gasteiger partial charge in [-0.1, -0.05) is 37.3 Å². The van der Waals surface area contributed by atoms with Crippen molar-refractivity contribution in [3.63, 3.8) is 0 Å². The molecule has 8 nitrogen and oxygen atoms in total. The van der Waals surface area contributed by atoms with Gasteiger partial charge in [0.2, 0.25) is 0 Å². The number of nitrogens with one attached hydrogen (secondary N) is 2. The Morgan fingerprint density at radius 2 is 1.96 bits per heavy atom. The van der Waals surface area contributed by atoms with Gasteiger partial charge in [-0.15, -0.1) is 0 Å². The zero-order chi connectivity index (χ0) is 20.1. The monoisotopic (exact) mass is 401 g/mol. The summed E-state index contributed by atoms with van der Waals surface area (Å²) < 4.78 is 4.90. The maximum Gasteiger partial charge on any atom is 0.344 e. The van der Waals surface area contributed by atoms with Crippen LogP contribution in [0.15, 0.2) is 47.2 Å². The highest BCUT2D eigenvalue weighted by atomic mass is 32.1. The molecule has 0 saturated carbocycles.